The molecule has 5 nitrogen and oxygen atoms in total. The van der Waals surface area contributed by atoms with Crippen LogP contribution in [0.15, 0.2) is 0 Å². The van der Waals surface area contributed by atoms with Gasteiger partial charge < -0.3 is 9.47 Å². The molecule has 1 rings (SSSR count). The van der Waals surface area contributed by atoms with Crippen LogP contribution in [0.4, 0.5) is 0 Å². The summed E-state index contributed by atoms with van der Waals surface area (Å²) in [6, 6.07) is 0. The van der Waals surface area contributed by atoms with E-state index in [-0.39, 0.29) is 18.8 Å². The highest BCUT2D eigenvalue weighted by atomic mass is 32.2. The molecule has 0 bridgehead atoms. The Hall–Kier alpha value is -0.170. The number of hydrogen-bond acceptors (Lipinski definition) is 5. The lowest BCUT2D eigenvalue weighted by molar-refractivity contribution is -0.140. The molecule has 0 N–H and O–H groups in total. The number of rotatable bonds is 3. The quantitative estimate of drug-likeness (QED) is 0.602. The van der Waals surface area contributed by atoms with Crippen LogP contribution >= 0.6 is 0 Å². The van der Waals surface area contributed by atoms with Crippen LogP contribution in [-0.2, 0) is 23.8 Å². The van der Waals surface area contributed by atoms with Gasteiger partial charge in [-0.3, -0.25) is 4.18 Å². The van der Waals surface area contributed by atoms with E-state index >= 15 is 0 Å². The van der Waals surface area contributed by atoms with Gasteiger partial charge in [-0.05, 0) is 6.92 Å². The van der Waals surface area contributed by atoms with Crippen LogP contribution in [0.5, 0.6) is 0 Å². The van der Waals surface area contributed by atoms with Crippen molar-refractivity contribution in [1.29, 1.82) is 0 Å². The smallest absolute Gasteiger partial charge is 0.264 e. The van der Waals surface area contributed by atoms with Crippen LogP contribution < -0.4 is 0 Å². The SMILES string of the molecule is C[C@@H]1COC[C@H](COS(C)(=O)=O)O1. The van der Waals surface area contributed by atoms with Crippen molar-refractivity contribution < 1.29 is 22.1 Å². The summed E-state index contributed by atoms with van der Waals surface area (Å²) in [5.74, 6) is 0. The van der Waals surface area contributed by atoms with Crippen molar-refractivity contribution >= 4 is 10.1 Å². The third-order valence-electron chi connectivity index (χ3n) is 1.55. The van der Waals surface area contributed by atoms with Crippen molar-refractivity contribution in [3.63, 3.8) is 0 Å². The number of hydrogen-bond donors (Lipinski definition) is 0. The summed E-state index contributed by atoms with van der Waals surface area (Å²) in [5, 5.41) is 0. The van der Waals surface area contributed by atoms with Gasteiger partial charge >= 0.3 is 0 Å². The summed E-state index contributed by atoms with van der Waals surface area (Å²) >= 11 is 0. The van der Waals surface area contributed by atoms with Crippen LogP contribution in [0, 0.1) is 0 Å². The lowest BCUT2D eigenvalue weighted by atomic mass is 10.3. The normalized spacial score (nSPS) is 30.3. The predicted octanol–water partition coefficient (Wildman–Crippen LogP) is -0.233. The second-order valence-corrected chi connectivity index (χ2v) is 4.74. The topological polar surface area (TPSA) is 61.8 Å². The molecule has 1 saturated heterocycles. The second-order valence-electron chi connectivity index (χ2n) is 3.09. The van der Waals surface area contributed by atoms with Crippen molar-refractivity contribution in [3.8, 4) is 0 Å². The molecule has 6 heteroatoms. The molecular weight excluding hydrogens is 196 g/mol. The highest BCUT2D eigenvalue weighted by Crippen LogP contribution is 2.08. The molecule has 0 saturated carbocycles. The zero-order valence-electron chi connectivity index (χ0n) is 7.73. The molecule has 2 atom stereocenters. The fraction of sp³-hybridized carbons (Fsp3) is 1.00. The predicted molar refractivity (Wildman–Crippen MR) is 45.9 cm³/mol. The average molecular weight is 210 g/mol. The maximum absolute atomic E-state index is 10.6. The molecule has 1 aliphatic heterocycles. The van der Waals surface area contributed by atoms with E-state index in [0.717, 1.165) is 6.26 Å². The Balaban J connectivity index is 2.29. The van der Waals surface area contributed by atoms with Gasteiger partial charge in [-0.25, -0.2) is 0 Å². The third kappa shape index (κ3) is 4.56. The minimum absolute atomic E-state index is 0.00177. The molecule has 1 fully saturated rings. The van der Waals surface area contributed by atoms with Crippen LogP contribution in [-0.4, -0.2) is 46.7 Å². The van der Waals surface area contributed by atoms with E-state index in [0.29, 0.717) is 13.2 Å². The largest absolute Gasteiger partial charge is 0.376 e. The zero-order chi connectivity index (χ0) is 9.90. The van der Waals surface area contributed by atoms with Gasteiger partial charge in [0.15, 0.2) is 0 Å². The molecule has 0 amide bonds. The first-order valence-electron chi connectivity index (χ1n) is 4.05. The second kappa shape index (κ2) is 4.36. The summed E-state index contributed by atoms with van der Waals surface area (Å²) < 4.78 is 36.4. The molecule has 1 aliphatic rings. The summed E-state index contributed by atoms with van der Waals surface area (Å²) in [5.41, 5.74) is 0. The van der Waals surface area contributed by atoms with E-state index in [4.69, 9.17) is 9.47 Å². The van der Waals surface area contributed by atoms with E-state index in [1.807, 2.05) is 6.92 Å². The van der Waals surface area contributed by atoms with Crippen molar-refractivity contribution in [2.24, 2.45) is 0 Å². The first-order valence-corrected chi connectivity index (χ1v) is 5.86. The standard InChI is InChI=1S/C7H14O5S/c1-6-3-10-4-7(12-6)5-11-13(2,8)9/h6-7H,3-5H2,1-2H3/t6-,7-/m1/s1. The minimum Gasteiger partial charge on any atom is -0.376 e. The van der Waals surface area contributed by atoms with Crippen LogP contribution in [0.3, 0.4) is 0 Å². The number of ether oxygens (including phenoxy) is 2. The molecule has 13 heavy (non-hydrogen) atoms. The van der Waals surface area contributed by atoms with Crippen molar-refractivity contribution in [2.45, 2.75) is 19.1 Å². The molecule has 0 spiro atoms. The van der Waals surface area contributed by atoms with Gasteiger partial charge in [0.2, 0.25) is 0 Å². The molecule has 0 aromatic rings. The Morgan fingerprint density at radius 3 is 2.69 bits per heavy atom. The Morgan fingerprint density at radius 2 is 2.15 bits per heavy atom. The van der Waals surface area contributed by atoms with E-state index in [9.17, 15) is 8.42 Å². The van der Waals surface area contributed by atoms with Gasteiger partial charge in [0, 0.05) is 0 Å². The lowest BCUT2D eigenvalue weighted by Crippen LogP contribution is -2.37. The van der Waals surface area contributed by atoms with Gasteiger partial charge in [0.25, 0.3) is 10.1 Å². The summed E-state index contributed by atoms with van der Waals surface area (Å²) in [6.07, 6.45) is 0.737. The van der Waals surface area contributed by atoms with Gasteiger partial charge in [-0.2, -0.15) is 8.42 Å². The molecule has 0 unspecified atom stereocenters. The molecule has 0 aromatic carbocycles. The first kappa shape index (κ1) is 10.9. The average Bonchev–Trinajstić information content (AvgIpc) is 2.00. The molecule has 1 heterocycles. The first-order chi connectivity index (χ1) is 5.97. The summed E-state index contributed by atoms with van der Waals surface area (Å²) in [7, 11) is -3.38. The molecule has 0 radical (unpaired) electrons. The van der Waals surface area contributed by atoms with Crippen molar-refractivity contribution in [2.75, 3.05) is 26.1 Å². The van der Waals surface area contributed by atoms with Gasteiger partial charge in [0.1, 0.15) is 6.10 Å². The Bertz CT molecular complexity index is 248. The highest BCUT2D eigenvalue weighted by molar-refractivity contribution is 7.85. The molecule has 0 aliphatic carbocycles. The lowest BCUT2D eigenvalue weighted by Gasteiger charge is -2.27. The van der Waals surface area contributed by atoms with Crippen LogP contribution in [0.2, 0.25) is 0 Å². The van der Waals surface area contributed by atoms with Crippen LogP contribution in [0.1, 0.15) is 6.92 Å². The van der Waals surface area contributed by atoms with E-state index in [1.165, 1.54) is 0 Å². The minimum atomic E-state index is -3.38. The zero-order valence-corrected chi connectivity index (χ0v) is 8.54. The van der Waals surface area contributed by atoms with E-state index in [2.05, 4.69) is 4.18 Å². The van der Waals surface area contributed by atoms with E-state index in [1.54, 1.807) is 0 Å². The Morgan fingerprint density at radius 1 is 1.46 bits per heavy atom. The Kier molecular flexibility index (Phi) is 3.66. The third-order valence-corrected chi connectivity index (χ3v) is 2.11. The summed E-state index contributed by atoms with van der Waals surface area (Å²) in [4.78, 5) is 0. The van der Waals surface area contributed by atoms with Crippen molar-refractivity contribution in [1.82, 2.24) is 0 Å². The highest BCUT2D eigenvalue weighted by Gasteiger charge is 2.21. The van der Waals surface area contributed by atoms with Crippen molar-refractivity contribution in [3.05, 3.63) is 0 Å². The molecular formula is C7H14O5S. The molecule has 78 valence electrons. The fourth-order valence-corrected chi connectivity index (χ4v) is 1.46. The Labute approximate surface area is 78.1 Å². The molecule has 0 aromatic heterocycles. The fourth-order valence-electron chi connectivity index (χ4n) is 1.06. The maximum atomic E-state index is 10.6. The van der Waals surface area contributed by atoms with Gasteiger partial charge in [-0.1, -0.05) is 0 Å². The van der Waals surface area contributed by atoms with Crippen LogP contribution in [0.25, 0.3) is 0 Å². The maximum Gasteiger partial charge on any atom is 0.264 e. The summed E-state index contributed by atoms with van der Waals surface area (Å²) in [6.45, 7) is 2.84. The van der Waals surface area contributed by atoms with Gasteiger partial charge in [0.05, 0.1) is 32.2 Å². The monoisotopic (exact) mass is 210 g/mol. The van der Waals surface area contributed by atoms with Gasteiger partial charge in [-0.15, -0.1) is 0 Å². The van der Waals surface area contributed by atoms with E-state index < -0.39 is 10.1 Å².